The van der Waals surface area contributed by atoms with Gasteiger partial charge in [0.05, 0.1) is 0 Å². The summed E-state index contributed by atoms with van der Waals surface area (Å²) >= 11 is 1.88. The molecular weight excluding hydrogens is 256 g/mol. The maximum Gasteiger partial charge on any atom is 0.222 e. The van der Waals surface area contributed by atoms with Gasteiger partial charge in [0.1, 0.15) is 0 Å². The van der Waals surface area contributed by atoms with E-state index < -0.39 is 0 Å². The summed E-state index contributed by atoms with van der Waals surface area (Å²) < 4.78 is 0. The highest BCUT2D eigenvalue weighted by molar-refractivity contribution is 7.10. The van der Waals surface area contributed by atoms with Crippen LogP contribution in [0.4, 0.5) is 0 Å². The summed E-state index contributed by atoms with van der Waals surface area (Å²) in [7, 11) is 0. The lowest BCUT2D eigenvalue weighted by atomic mass is 9.95. The molecule has 1 aliphatic rings. The first-order valence-electron chi connectivity index (χ1n) is 7.20. The van der Waals surface area contributed by atoms with E-state index in [9.17, 15) is 4.79 Å². The number of hydrogen-bond acceptors (Lipinski definition) is 3. The quantitative estimate of drug-likeness (QED) is 0.899. The van der Waals surface area contributed by atoms with Gasteiger partial charge in [0.2, 0.25) is 5.91 Å². The average Bonchev–Trinajstić information content (AvgIpc) is 2.93. The van der Waals surface area contributed by atoms with Gasteiger partial charge in [-0.15, -0.1) is 11.3 Å². The fourth-order valence-electron chi connectivity index (χ4n) is 2.51. The molecule has 106 valence electrons. The van der Waals surface area contributed by atoms with Gasteiger partial charge in [-0.3, -0.25) is 4.79 Å². The summed E-state index contributed by atoms with van der Waals surface area (Å²) in [6.45, 7) is 7.93. The number of thiophene rings is 1. The molecule has 4 heteroatoms. The molecule has 2 heterocycles. The normalized spacial score (nSPS) is 17.8. The van der Waals surface area contributed by atoms with Crippen molar-refractivity contribution in [2.24, 2.45) is 5.92 Å². The Hall–Kier alpha value is -0.870. The third kappa shape index (κ3) is 4.32. The summed E-state index contributed by atoms with van der Waals surface area (Å²) in [5.74, 6) is 1.000. The van der Waals surface area contributed by atoms with Crippen LogP contribution in [0.15, 0.2) is 17.5 Å². The number of nitrogens with one attached hydrogen (secondary N) is 1. The smallest absolute Gasteiger partial charge is 0.222 e. The second-order valence-corrected chi connectivity index (χ2v) is 6.56. The number of nitrogens with zero attached hydrogens (tertiary/aromatic N) is 1. The number of amides is 1. The first kappa shape index (κ1) is 14.5. The van der Waals surface area contributed by atoms with Gasteiger partial charge in [0.25, 0.3) is 0 Å². The average molecular weight is 280 g/mol. The molecule has 0 aliphatic carbocycles. The van der Waals surface area contributed by atoms with Crippen LogP contribution in [0, 0.1) is 5.92 Å². The third-order valence-electron chi connectivity index (χ3n) is 3.78. The Morgan fingerprint density at radius 2 is 2.21 bits per heavy atom. The van der Waals surface area contributed by atoms with E-state index in [0.29, 0.717) is 0 Å². The topological polar surface area (TPSA) is 32.3 Å². The van der Waals surface area contributed by atoms with Gasteiger partial charge < -0.3 is 10.2 Å². The van der Waals surface area contributed by atoms with Gasteiger partial charge in [-0.1, -0.05) is 19.9 Å². The Morgan fingerprint density at radius 3 is 2.79 bits per heavy atom. The third-order valence-corrected chi connectivity index (χ3v) is 4.82. The van der Waals surface area contributed by atoms with Gasteiger partial charge in [-0.2, -0.15) is 0 Å². The highest BCUT2D eigenvalue weighted by atomic mass is 32.1. The molecule has 0 atom stereocenters. The van der Waals surface area contributed by atoms with Crippen LogP contribution < -0.4 is 5.32 Å². The molecule has 3 nitrogen and oxygen atoms in total. The zero-order valence-corrected chi connectivity index (χ0v) is 12.7. The molecule has 0 radical (unpaired) electrons. The molecule has 19 heavy (non-hydrogen) atoms. The minimum atomic E-state index is 0.0876. The molecule has 1 N–H and O–H groups in total. The fraction of sp³-hybridized carbons (Fsp3) is 0.667. The van der Waals surface area contributed by atoms with Crippen molar-refractivity contribution < 1.29 is 4.79 Å². The van der Waals surface area contributed by atoms with E-state index in [1.807, 2.05) is 25.2 Å². The summed E-state index contributed by atoms with van der Waals surface area (Å²) in [5, 5.41) is 5.16. The van der Waals surface area contributed by atoms with E-state index in [4.69, 9.17) is 0 Å². The molecule has 0 saturated carbocycles. The lowest BCUT2D eigenvalue weighted by molar-refractivity contribution is -0.124. The minimum Gasteiger partial charge on any atom is -0.355 e. The van der Waals surface area contributed by atoms with Gasteiger partial charge in [-0.25, -0.2) is 0 Å². The summed E-state index contributed by atoms with van der Waals surface area (Å²) in [4.78, 5) is 15.5. The summed E-state index contributed by atoms with van der Waals surface area (Å²) in [6.07, 6.45) is 2.50. The van der Waals surface area contributed by atoms with Crippen molar-refractivity contribution in [1.82, 2.24) is 10.2 Å². The van der Waals surface area contributed by atoms with Crippen LogP contribution in [-0.2, 0) is 4.79 Å². The Labute approximate surface area is 120 Å². The highest BCUT2D eigenvalue weighted by Gasteiger charge is 2.20. The first-order valence-corrected chi connectivity index (χ1v) is 8.08. The van der Waals surface area contributed by atoms with Crippen LogP contribution in [0.3, 0.4) is 0 Å². The molecule has 1 aliphatic heterocycles. The molecule has 0 aromatic carbocycles. The maximum atomic E-state index is 11.5. The predicted octanol–water partition coefficient (Wildman–Crippen LogP) is 2.70. The van der Waals surface area contributed by atoms with Gasteiger partial charge in [0.15, 0.2) is 0 Å². The lowest BCUT2D eigenvalue weighted by Gasteiger charge is -2.31. The van der Waals surface area contributed by atoms with Crippen molar-refractivity contribution >= 4 is 17.2 Å². The Balaban J connectivity index is 1.65. The number of carbonyl (C=O) groups excluding carboxylic acids is 1. The zero-order chi connectivity index (χ0) is 13.7. The van der Waals surface area contributed by atoms with Crippen molar-refractivity contribution in [1.29, 1.82) is 0 Å². The molecular formula is C15H24N2OS. The first-order chi connectivity index (χ1) is 9.16. The van der Waals surface area contributed by atoms with Crippen LogP contribution in [0.5, 0.6) is 0 Å². The number of carbonyl (C=O) groups is 1. The van der Waals surface area contributed by atoms with Crippen molar-refractivity contribution in [2.45, 2.75) is 32.6 Å². The van der Waals surface area contributed by atoms with E-state index in [2.05, 4.69) is 27.7 Å². The Kier molecular flexibility index (Phi) is 5.40. The number of piperidine rings is 1. The molecule has 1 amide bonds. The monoisotopic (exact) mass is 280 g/mol. The van der Waals surface area contributed by atoms with E-state index in [1.54, 1.807) is 0 Å². The Bertz CT molecular complexity index is 381. The molecule has 0 unspecified atom stereocenters. The zero-order valence-electron chi connectivity index (χ0n) is 11.9. The number of likely N-dealkylation sites (tertiary alicyclic amines) is 1. The molecule has 1 saturated heterocycles. The van der Waals surface area contributed by atoms with Gasteiger partial charge >= 0.3 is 0 Å². The largest absolute Gasteiger partial charge is 0.355 e. The van der Waals surface area contributed by atoms with Gasteiger partial charge in [0, 0.05) is 23.9 Å². The standard InChI is InChI=1S/C15H24N2OS/c1-12(2)15(18)16-7-10-17-8-5-13(6-9-17)14-4-3-11-19-14/h3-4,11-13H,5-10H2,1-2H3,(H,16,18). The van der Waals surface area contributed by atoms with Crippen LogP contribution in [0.25, 0.3) is 0 Å². The van der Waals surface area contributed by atoms with E-state index in [1.165, 1.54) is 17.7 Å². The number of hydrogen-bond donors (Lipinski definition) is 1. The molecule has 0 bridgehead atoms. The van der Waals surface area contributed by atoms with Crippen LogP contribution in [0.2, 0.25) is 0 Å². The minimum absolute atomic E-state index is 0.0876. The van der Waals surface area contributed by atoms with Crippen molar-refractivity contribution in [2.75, 3.05) is 26.2 Å². The van der Waals surface area contributed by atoms with Crippen molar-refractivity contribution in [3.05, 3.63) is 22.4 Å². The number of rotatable bonds is 5. The summed E-state index contributed by atoms with van der Waals surface area (Å²) in [5.41, 5.74) is 0. The van der Waals surface area contributed by atoms with Crippen molar-refractivity contribution in [3.8, 4) is 0 Å². The molecule has 1 fully saturated rings. The molecule has 0 spiro atoms. The second-order valence-electron chi connectivity index (χ2n) is 5.58. The fourth-order valence-corrected chi connectivity index (χ4v) is 3.41. The van der Waals surface area contributed by atoms with Gasteiger partial charge in [-0.05, 0) is 43.3 Å². The molecule has 1 aromatic rings. The second kappa shape index (κ2) is 7.06. The summed E-state index contributed by atoms with van der Waals surface area (Å²) in [6, 6.07) is 4.40. The van der Waals surface area contributed by atoms with Crippen LogP contribution in [0.1, 0.15) is 37.5 Å². The predicted molar refractivity (Wildman–Crippen MR) is 80.6 cm³/mol. The van der Waals surface area contributed by atoms with E-state index in [0.717, 1.165) is 32.1 Å². The van der Waals surface area contributed by atoms with Crippen molar-refractivity contribution in [3.63, 3.8) is 0 Å². The van der Waals surface area contributed by atoms with Crippen LogP contribution in [-0.4, -0.2) is 37.0 Å². The maximum absolute atomic E-state index is 11.5. The Morgan fingerprint density at radius 1 is 1.47 bits per heavy atom. The van der Waals surface area contributed by atoms with E-state index in [-0.39, 0.29) is 11.8 Å². The van der Waals surface area contributed by atoms with E-state index >= 15 is 0 Å². The SMILES string of the molecule is CC(C)C(=O)NCCN1CCC(c2cccs2)CC1. The lowest BCUT2D eigenvalue weighted by Crippen LogP contribution is -2.40. The molecule has 1 aromatic heterocycles. The highest BCUT2D eigenvalue weighted by Crippen LogP contribution is 2.30. The molecule has 2 rings (SSSR count). The van der Waals surface area contributed by atoms with Crippen LogP contribution >= 0.6 is 11.3 Å².